The molecule has 2 heterocycles. The first-order chi connectivity index (χ1) is 8.06. The highest BCUT2D eigenvalue weighted by Gasteiger charge is 2.40. The van der Waals surface area contributed by atoms with E-state index < -0.39 is 5.60 Å². The average molecular weight is 237 g/mol. The fourth-order valence-electron chi connectivity index (χ4n) is 2.64. The van der Waals surface area contributed by atoms with E-state index in [9.17, 15) is 5.11 Å². The average Bonchev–Trinajstić information content (AvgIpc) is 2.58. The second-order valence-corrected chi connectivity index (χ2v) is 5.22. The van der Waals surface area contributed by atoms with Gasteiger partial charge in [0.15, 0.2) is 0 Å². The third-order valence-corrected chi connectivity index (χ3v) is 3.53. The second kappa shape index (κ2) is 4.78. The Hall–Kier alpha value is -0.870. The van der Waals surface area contributed by atoms with Gasteiger partial charge in [0.1, 0.15) is 0 Å². The van der Waals surface area contributed by atoms with Crippen LogP contribution in [0.4, 0.5) is 0 Å². The Kier molecular flexibility index (Phi) is 3.54. The number of aromatic nitrogens is 2. The Labute approximate surface area is 103 Å². The molecule has 1 aromatic heterocycles. The van der Waals surface area contributed by atoms with E-state index in [4.69, 9.17) is 0 Å². The van der Waals surface area contributed by atoms with Crippen LogP contribution in [0.5, 0.6) is 0 Å². The smallest absolute Gasteiger partial charge is 0.0900 e. The summed E-state index contributed by atoms with van der Waals surface area (Å²) in [5, 5.41) is 14.6. The highest BCUT2D eigenvalue weighted by Crippen LogP contribution is 2.27. The Balaban J connectivity index is 1.89. The molecule has 0 amide bonds. The maximum absolute atomic E-state index is 10.1. The Morgan fingerprint density at radius 1 is 1.41 bits per heavy atom. The molecule has 0 spiro atoms. The number of nitrogens with zero attached hydrogens (tertiary/aromatic N) is 3. The molecule has 96 valence electrons. The van der Waals surface area contributed by atoms with Crippen LogP contribution in [-0.2, 0) is 20.0 Å². The second-order valence-electron chi connectivity index (χ2n) is 5.22. The van der Waals surface area contributed by atoms with Crippen molar-refractivity contribution in [3.05, 3.63) is 17.5 Å². The van der Waals surface area contributed by atoms with Crippen LogP contribution in [0.2, 0.25) is 0 Å². The van der Waals surface area contributed by atoms with Gasteiger partial charge in [0, 0.05) is 26.7 Å². The van der Waals surface area contributed by atoms with Crippen LogP contribution in [-0.4, -0.2) is 38.5 Å². The summed E-state index contributed by atoms with van der Waals surface area (Å²) in [5.74, 6) is 0. The minimum atomic E-state index is -0.430. The molecule has 0 bridgehead atoms. The van der Waals surface area contributed by atoms with Gasteiger partial charge < -0.3 is 5.11 Å². The van der Waals surface area contributed by atoms with Crippen molar-refractivity contribution in [3.63, 3.8) is 0 Å². The molecule has 17 heavy (non-hydrogen) atoms. The first-order valence-corrected chi connectivity index (χ1v) is 6.53. The molecule has 1 saturated heterocycles. The van der Waals surface area contributed by atoms with E-state index >= 15 is 0 Å². The Bertz CT molecular complexity index is 380. The zero-order valence-electron chi connectivity index (χ0n) is 11.1. The summed E-state index contributed by atoms with van der Waals surface area (Å²) in [7, 11) is 1.99. The van der Waals surface area contributed by atoms with Crippen LogP contribution >= 0.6 is 0 Å². The summed E-state index contributed by atoms with van der Waals surface area (Å²) in [4.78, 5) is 2.28. The fourth-order valence-corrected chi connectivity index (χ4v) is 2.64. The molecule has 1 fully saturated rings. The van der Waals surface area contributed by atoms with E-state index in [-0.39, 0.29) is 0 Å². The van der Waals surface area contributed by atoms with Gasteiger partial charge in [-0.3, -0.25) is 9.58 Å². The van der Waals surface area contributed by atoms with E-state index in [1.54, 1.807) is 0 Å². The van der Waals surface area contributed by atoms with Gasteiger partial charge in [0.25, 0.3) is 0 Å². The lowest BCUT2D eigenvalue weighted by atomic mass is 9.89. The van der Waals surface area contributed by atoms with E-state index in [0.717, 1.165) is 44.6 Å². The van der Waals surface area contributed by atoms with Crippen molar-refractivity contribution in [2.24, 2.45) is 7.05 Å². The molecule has 0 aromatic carbocycles. The molecule has 1 N–H and O–H groups in total. The highest BCUT2D eigenvalue weighted by molar-refractivity contribution is 5.11. The van der Waals surface area contributed by atoms with E-state index in [1.807, 2.05) is 11.7 Å². The molecule has 0 atom stereocenters. The molecule has 0 radical (unpaired) electrons. The van der Waals surface area contributed by atoms with Crippen molar-refractivity contribution < 1.29 is 5.11 Å². The number of aryl methyl sites for hydroxylation is 2. The van der Waals surface area contributed by atoms with Crippen molar-refractivity contribution in [2.45, 2.75) is 45.3 Å². The maximum Gasteiger partial charge on any atom is 0.0900 e. The van der Waals surface area contributed by atoms with Gasteiger partial charge >= 0.3 is 0 Å². The number of β-amino-alcohol motifs (C(OH)–C–C–N with tert-alkyl or cyclic N) is 1. The van der Waals surface area contributed by atoms with Crippen molar-refractivity contribution >= 4 is 0 Å². The zero-order chi connectivity index (χ0) is 12.5. The number of rotatable bonds is 5. The van der Waals surface area contributed by atoms with Crippen molar-refractivity contribution in [3.8, 4) is 0 Å². The largest absolute Gasteiger partial charge is 0.387 e. The van der Waals surface area contributed by atoms with Crippen LogP contribution in [0, 0.1) is 0 Å². The predicted octanol–water partition coefficient (Wildman–Crippen LogP) is 1.33. The monoisotopic (exact) mass is 237 g/mol. The van der Waals surface area contributed by atoms with Gasteiger partial charge in [0.2, 0.25) is 0 Å². The van der Waals surface area contributed by atoms with Gasteiger partial charge in [-0.25, -0.2) is 0 Å². The summed E-state index contributed by atoms with van der Waals surface area (Å²) < 4.78 is 1.95. The molecule has 1 aromatic rings. The molecule has 1 aliphatic heterocycles. The molecule has 0 aliphatic carbocycles. The fraction of sp³-hybridized carbons (Fsp3) is 0.769. The maximum atomic E-state index is 10.1. The molecular formula is C13H23N3O. The molecule has 1 aliphatic rings. The van der Waals surface area contributed by atoms with Crippen LogP contribution in [0.15, 0.2) is 6.07 Å². The van der Waals surface area contributed by atoms with E-state index in [0.29, 0.717) is 0 Å². The molecule has 4 heteroatoms. The third kappa shape index (κ3) is 2.69. The van der Waals surface area contributed by atoms with Gasteiger partial charge in [0.05, 0.1) is 17.0 Å². The predicted molar refractivity (Wildman–Crippen MR) is 67.7 cm³/mol. The lowest BCUT2D eigenvalue weighted by Crippen LogP contribution is -2.61. The third-order valence-electron chi connectivity index (χ3n) is 3.53. The number of aliphatic hydroxyl groups is 1. The van der Waals surface area contributed by atoms with Gasteiger partial charge in [-0.1, -0.05) is 20.3 Å². The molecule has 4 nitrogen and oxygen atoms in total. The summed E-state index contributed by atoms with van der Waals surface area (Å²) >= 11 is 0. The minimum absolute atomic E-state index is 0.430. The lowest BCUT2D eigenvalue weighted by molar-refractivity contribution is -0.107. The van der Waals surface area contributed by atoms with E-state index in [1.165, 1.54) is 5.69 Å². The van der Waals surface area contributed by atoms with E-state index in [2.05, 4.69) is 29.9 Å². The van der Waals surface area contributed by atoms with Crippen LogP contribution in [0.25, 0.3) is 0 Å². The Morgan fingerprint density at radius 3 is 2.65 bits per heavy atom. The van der Waals surface area contributed by atoms with Gasteiger partial charge in [-0.2, -0.15) is 5.10 Å². The molecular weight excluding hydrogens is 214 g/mol. The number of hydrogen-bond acceptors (Lipinski definition) is 3. The Morgan fingerprint density at radius 2 is 2.12 bits per heavy atom. The van der Waals surface area contributed by atoms with Crippen LogP contribution in [0.1, 0.15) is 38.1 Å². The van der Waals surface area contributed by atoms with Crippen LogP contribution in [0.3, 0.4) is 0 Å². The summed E-state index contributed by atoms with van der Waals surface area (Å²) in [6.07, 6.45) is 2.94. The van der Waals surface area contributed by atoms with Gasteiger partial charge in [-0.15, -0.1) is 0 Å². The molecule has 0 saturated carbocycles. The lowest BCUT2D eigenvalue weighted by Gasteiger charge is -2.46. The summed E-state index contributed by atoms with van der Waals surface area (Å²) in [6.45, 7) is 6.74. The van der Waals surface area contributed by atoms with Crippen molar-refractivity contribution in [1.29, 1.82) is 0 Å². The van der Waals surface area contributed by atoms with Crippen molar-refractivity contribution in [2.75, 3.05) is 13.1 Å². The first-order valence-electron chi connectivity index (χ1n) is 6.53. The quantitative estimate of drug-likeness (QED) is 0.840. The molecule has 2 rings (SSSR count). The standard InChI is InChI=1S/C13H23N3O/c1-4-6-13(17)9-16(10-13)8-12-7-11(5-2)14-15(12)3/h7,17H,4-6,8-10H2,1-3H3. The molecule has 0 unspecified atom stereocenters. The zero-order valence-corrected chi connectivity index (χ0v) is 11.1. The number of likely N-dealkylation sites (tertiary alicyclic amines) is 1. The van der Waals surface area contributed by atoms with Gasteiger partial charge in [-0.05, 0) is 18.9 Å². The summed E-state index contributed by atoms with van der Waals surface area (Å²) in [5.41, 5.74) is 1.95. The topological polar surface area (TPSA) is 41.3 Å². The van der Waals surface area contributed by atoms with Crippen molar-refractivity contribution in [1.82, 2.24) is 14.7 Å². The first kappa shape index (κ1) is 12.6. The SMILES string of the molecule is CCCC1(O)CN(Cc2cc(CC)nn2C)C1. The normalized spacial score (nSPS) is 19.3. The number of hydrogen-bond donors (Lipinski definition) is 1. The van der Waals surface area contributed by atoms with Crippen LogP contribution < -0.4 is 0 Å². The summed E-state index contributed by atoms with van der Waals surface area (Å²) in [6, 6.07) is 2.16. The minimum Gasteiger partial charge on any atom is -0.387 e. The highest BCUT2D eigenvalue weighted by atomic mass is 16.3.